The molecule has 0 unspecified atom stereocenters. The molecule has 0 aliphatic heterocycles. The predicted molar refractivity (Wildman–Crippen MR) is 101 cm³/mol. The van der Waals surface area contributed by atoms with Gasteiger partial charge in [-0.05, 0) is 53.9 Å². The number of fused-ring (bicyclic) bond motifs is 2. The van der Waals surface area contributed by atoms with Crippen LogP contribution in [0.4, 0.5) is 17.1 Å². The molecule has 0 aliphatic carbocycles. The van der Waals surface area contributed by atoms with E-state index in [0.717, 1.165) is 11.4 Å². The fourth-order valence-electron chi connectivity index (χ4n) is 2.92. The second kappa shape index (κ2) is 7.11. The Morgan fingerprint density at radius 1 is 0.800 bits per heavy atom. The van der Waals surface area contributed by atoms with Crippen LogP contribution in [0.5, 0.6) is 0 Å². The molecule has 0 saturated carbocycles. The van der Waals surface area contributed by atoms with Gasteiger partial charge in [-0.15, -0.1) is 0 Å². The summed E-state index contributed by atoms with van der Waals surface area (Å²) in [6.45, 7) is 0. The summed E-state index contributed by atoms with van der Waals surface area (Å²) in [5.41, 5.74) is 4.58. The summed E-state index contributed by atoms with van der Waals surface area (Å²) in [5, 5.41) is 5.95. The third-order valence-electron chi connectivity index (χ3n) is 4.26. The van der Waals surface area contributed by atoms with E-state index in [1.165, 1.54) is 22.0 Å². The van der Waals surface area contributed by atoms with Crippen LogP contribution in [-0.2, 0) is 0 Å². The maximum atomic E-state index is 3.48. The minimum Gasteiger partial charge on any atom is -1.00 e. The van der Waals surface area contributed by atoms with E-state index in [-0.39, 0.29) is 17.0 Å². The van der Waals surface area contributed by atoms with Crippen LogP contribution in [0.3, 0.4) is 0 Å². The van der Waals surface area contributed by atoms with Crippen molar-refractivity contribution in [3.8, 4) is 0 Å². The number of aromatic nitrogens is 1. The highest BCUT2D eigenvalue weighted by atomic mass is 79.9. The molecule has 0 saturated heterocycles. The summed E-state index contributed by atoms with van der Waals surface area (Å²) in [4.78, 5) is 2.10. The van der Waals surface area contributed by atoms with E-state index in [9.17, 15) is 0 Å². The van der Waals surface area contributed by atoms with Crippen molar-refractivity contribution in [1.82, 2.24) is 0 Å². The van der Waals surface area contributed by atoms with Gasteiger partial charge in [0.25, 0.3) is 0 Å². The summed E-state index contributed by atoms with van der Waals surface area (Å²) in [6.07, 6.45) is 4.24. The fraction of sp³-hybridized carbons (Fsp3) is 0.0952. The van der Waals surface area contributed by atoms with E-state index in [1.54, 1.807) is 0 Å². The molecule has 4 heteroatoms. The average molecular weight is 394 g/mol. The maximum absolute atomic E-state index is 3.48. The third-order valence-corrected chi connectivity index (χ3v) is 4.26. The van der Waals surface area contributed by atoms with Crippen LogP contribution in [0, 0.1) is 0 Å². The number of hydrogen-bond donors (Lipinski definition) is 1. The first kappa shape index (κ1) is 17.2. The molecule has 0 spiro atoms. The SMILES string of the molecule is CN(C)c1ccc(Nc2ccc3c[n+]4ccccc4cc3c2)cc1.[Br-]. The molecule has 1 N–H and O–H groups in total. The molecule has 25 heavy (non-hydrogen) atoms. The zero-order valence-electron chi connectivity index (χ0n) is 14.3. The lowest BCUT2D eigenvalue weighted by Gasteiger charge is -2.13. The number of benzene rings is 2. The molecule has 2 aromatic heterocycles. The number of rotatable bonds is 3. The molecule has 2 aromatic carbocycles. The molecule has 0 bridgehead atoms. The molecule has 3 nitrogen and oxygen atoms in total. The Hall–Kier alpha value is -2.59. The molecule has 0 radical (unpaired) electrons. The van der Waals surface area contributed by atoms with Crippen molar-refractivity contribution in [3.05, 3.63) is 79.1 Å². The van der Waals surface area contributed by atoms with Gasteiger partial charge in [-0.2, -0.15) is 4.40 Å². The van der Waals surface area contributed by atoms with E-state index >= 15 is 0 Å². The second-order valence-corrected chi connectivity index (χ2v) is 6.22. The van der Waals surface area contributed by atoms with E-state index in [2.05, 4.69) is 87.7 Å². The van der Waals surface area contributed by atoms with Crippen LogP contribution in [0.1, 0.15) is 0 Å². The number of halogens is 1. The normalized spacial score (nSPS) is 10.5. The van der Waals surface area contributed by atoms with Crippen molar-refractivity contribution in [2.75, 3.05) is 24.3 Å². The molecular weight excluding hydrogens is 374 g/mol. The van der Waals surface area contributed by atoms with Crippen molar-refractivity contribution in [3.63, 3.8) is 0 Å². The van der Waals surface area contributed by atoms with Gasteiger partial charge in [0.2, 0.25) is 5.52 Å². The van der Waals surface area contributed by atoms with Gasteiger partial charge in [0.15, 0.2) is 12.4 Å². The lowest BCUT2D eigenvalue weighted by atomic mass is 10.1. The Morgan fingerprint density at radius 3 is 2.32 bits per heavy atom. The Balaban J connectivity index is 0.00000182. The first-order valence-electron chi connectivity index (χ1n) is 8.07. The van der Waals surface area contributed by atoms with Gasteiger partial charge in [-0.1, -0.05) is 0 Å². The molecule has 2 heterocycles. The molecule has 0 atom stereocenters. The minimum atomic E-state index is 0. The number of nitrogens with one attached hydrogen (secondary N) is 1. The van der Waals surface area contributed by atoms with Crippen LogP contribution >= 0.6 is 0 Å². The first-order chi connectivity index (χ1) is 11.7. The van der Waals surface area contributed by atoms with E-state index in [1.807, 2.05) is 20.2 Å². The highest BCUT2D eigenvalue weighted by Gasteiger charge is 2.05. The number of pyridine rings is 2. The number of hydrogen-bond acceptors (Lipinski definition) is 2. The molecule has 126 valence electrons. The molecule has 4 rings (SSSR count). The molecule has 0 amide bonds. The Labute approximate surface area is 158 Å². The van der Waals surface area contributed by atoms with Crippen LogP contribution in [0.15, 0.2) is 79.1 Å². The van der Waals surface area contributed by atoms with Crippen LogP contribution < -0.4 is 31.6 Å². The summed E-state index contributed by atoms with van der Waals surface area (Å²) in [6, 6.07) is 23.4. The Morgan fingerprint density at radius 2 is 1.56 bits per heavy atom. The fourth-order valence-corrected chi connectivity index (χ4v) is 2.92. The van der Waals surface area contributed by atoms with E-state index < -0.39 is 0 Å². The standard InChI is InChI=1S/C21H19N3.BrH/c1-23(2)20-10-8-18(9-11-20)22-19-7-6-16-15-24-12-4-3-5-21(24)14-17(16)13-19;/h3-15H,1-2H3;1H. The zero-order chi connectivity index (χ0) is 16.5. The van der Waals surface area contributed by atoms with Gasteiger partial charge in [-0.3, -0.25) is 0 Å². The highest BCUT2D eigenvalue weighted by Crippen LogP contribution is 2.24. The summed E-state index contributed by atoms with van der Waals surface area (Å²) < 4.78 is 2.15. The molecule has 0 fully saturated rings. The van der Waals surface area contributed by atoms with Crippen molar-refractivity contribution in [2.45, 2.75) is 0 Å². The monoisotopic (exact) mass is 393 g/mol. The Bertz CT molecular complexity index is 1010. The van der Waals surface area contributed by atoms with Gasteiger partial charge in [0.05, 0.1) is 0 Å². The number of nitrogens with zero attached hydrogens (tertiary/aromatic N) is 2. The lowest BCUT2D eigenvalue weighted by molar-refractivity contribution is -0.510. The summed E-state index contributed by atoms with van der Waals surface area (Å²) in [7, 11) is 4.10. The van der Waals surface area contributed by atoms with E-state index in [0.29, 0.717) is 0 Å². The van der Waals surface area contributed by atoms with Gasteiger partial charge >= 0.3 is 0 Å². The average Bonchev–Trinajstić information content (AvgIpc) is 2.60. The first-order valence-corrected chi connectivity index (χ1v) is 8.07. The molecule has 4 aromatic rings. The van der Waals surface area contributed by atoms with Gasteiger partial charge < -0.3 is 27.2 Å². The van der Waals surface area contributed by atoms with Gasteiger partial charge in [0, 0.05) is 54.7 Å². The van der Waals surface area contributed by atoms with Gasteiger partial charge in [0.1, 0.15) is 0 Å². The van der Waals surface area contributed by atoms with Crippen LogP contribution in [0.2, 0.25) is 0 Å². The summed E-state index contributed by atoms with van der Waals surface area (Å²) in [5.74, 6) is 0. The lowest BCUT2D eigenvalue weighted by Crippen LogP contribution is -3.00. The quantitative estimate of drug-likeness (QED) is 0.419. The van der Waals surface area contributed by atoms with Crippen molar-refractivity contribution in [1.29, 1.82) is 0 Å². The van der Waals surface area contributed by atoms with Gasteiger partial charge in [-0.25, -0.2) is 0 Å². The topological polar surface area (TPSA) is 19.4 Å². The number of anilines is 3. The largest absolute Gasteiger partial charge is 1.00 e. The van der Waals surface area contributed by atoms with Crippen LogP contribution in [0.25, 0.3) is 16.3 Å². The highest BCUT2D eigenvalue weighted by molar-refractivity contribution is 5.87. The Kier molecular flexibility index (Phi) is 4.91. The maximum Gasteiger partial charge on any atom is 0.211 e. The smallest absolute Gasteiger partial charge is 0.211 e. The second-order valence-electron chi connectivity index (χ2n) is 6.22. The third kappa shape index (κ3) is 3.59. The molecular formula is C21H20BrN3. The van der Waals surface area contributed by atoms with Crippen molar-refractivity contribution >= 4 is 33.4 Å². The van der Waals surface area contributed by atoms with Crippen molar-refractivity contribution < 1.29 is 21.4 Å². The summed E-state index contributed by atoms with van der Waals surface area (Å²) >= 11 is 0. The minimum absolute atomic E-state index is 0. The molecule has 0 aliphatic rings. The van der Waals surface area contributed by atoms with E-state index in [4.69, 9.17) is 0 Å². The zero-order valence-corrected chi connectivity index (χ0v) is 15.9. The van der Waals surface area contributed by atoms with Crippen LogP contribution in [-0.4, -0.2) is 14.1 Å². The predicted octanol–water partition coefficient (Wildman–Crippen LogP) is 1.39. The van der Waals surface area contributed by atoms with Crippen molar-refractivity contribution in [2.24, 2.45) is 0 Å².